The molecule has 2 heteroatoms. The lowest BCUT2D eigenvalue weighted by Crippen LogP contribution is -2.03. The predicted molar refractivity (Wildman–Crippen MR) is 65.5 cm³/mol. The lowest BCUT2D eigenvalue weighted by atomic mass is 9.99. The summed E-state index contributed by atoms with van der Waals surface area (Å²) in [6, 6.07) is 14.6. The minimum atomic E-state index is 0.0399. The first kappa shape index (κ1) is 10.4. The van der Waals surface area contributed by atoms with Gasteiger partial charge in [0.15, 0.2) is 5.78 Å². The van der Waals surface area contributed by atoms with Crippen molar-refractivity contribution in [3.63, 3.8) is 0 Å². The normalized spacial score (nSPS) is 10.1. The largest absolute Gasteiger partial charge is 0.399 e. The molecule has 0 atom stereocenters. The van der Waals surface area contributed by atoms with Crippen LogP contribution in [0.3, 0.4) is 0 Å². The molecule has 2 N–H and O–H groups in total. The van der Waals surface area contributed by atoms with E-state index in [1.54, 1.807) is 12.1 Å². The summed E-state index contributed by atoms with van der Waals surface area (Å²) >= 11 is 0. The van der Waals surface area contributed by atoms with Gasteiger partial charge in [0.05, 0.1) is 0 Å². The van der Waals surface area contributed by atoms with Crippen LogP contribution in [0.2, 0.25) is 0 Å². The molecule has 0 heterocycles. The second kappa shape index (κ2) is 4.19. The number of nitrogen functional groups attached to an aromatic ring is 1. The molecule has 0 radical (unpaired) electrons. The Morgan fingerprint density at radius 3 is 2.38 bits per heavy atom. The van der Waals surface area contributed by atoms with Crippen molar-refractivity contribution in [2.24, 2.45) is 0 Å². The zero-order valence-corrected chi connectivity index (χ0v) is 9.10. The Balaban J connectivity index is 2.42. The number of rotatable bonds is 2. The van der Waals surface area contributed by atoms with Crippen molar-refractivity contribution in [3.05, 3.63) is 65.2 Å². The number of hydrogen-bond donors (Lipinski definition) is 1. The molecular formula is C14H13NO. The molecule has 2 rings (SSSR count). The molecule has 2 aromatic carbocycles. The Bertz CT molecular complexity index is 518. The Morgan fingerprint density at radius 1 is 1.06 bits per heavy atom. The second-order valence-corrected chi connectivity index (χ2v) is 3.77. The maximum Gasteiger partial charge on any atom is 0.193 e. The van der Waals surface area contributed by atoms with E-state index in [-0.39, 0.29) is 5.78 Å². The Labute approximate surface area is 94.7 Å². The van der Waals surface area contributed by atoms with Gasteiger partial charge < -0.3 is 5.73 Å². The summed E-state index contributed by atoms with van der Waals surface area (Å²) in [6.45, 7) is 1.90. The number of carbonyl (C=O) groups excluding carboxylic acids is 1. The Hall–Kier alpha value is -2.09. The van der Waals surface area contributed by atoms with E-state index in [0.717, 1.165) is 5.56 Å². The van der Waals surface area contributed by atoms with Gasteiger partial charge in [-0.15, -0.1) is 0 Å². The van der Waals surface area contributed by atoms with Crippen molar-refractivity contribution in [1.29, 1.82) is 0 Å². The first-order valence-electron chi connectivity index (χ1n) is 5.14. The van der Waals surface area contributed by atoms with E-state index in [9.17, 15) is 4.79 Å². The molecule has 0 fully saturated rings. The summed E-state index contributed by atoms with van der Waals surface area (Å²) in [7, 11) is 0. The number of benzene rings is 2. The van der Waals surface area contributed by atoms with Gasteiger partial charge in [0.1, 0.15) is 0 Å². The van der Waals surface area contributed by atoms with E-state index >= 15 is 0 Å². The monoisotopic (exact) mass is 211 g/mol. The number of aryl methyl sites for hydroxylation is 1. The number of anilines is 1. The fourth-order valence-corrected chi connectivity index (χ4v) is 1.69. The quantitative estimate of drug-likeness (QED) is 0.613. The molecule has 0 bridgehead atoms. The smallest absolute Gasteiger partial charge is 0.193 e. The van der Waals surface area contributed by atoms with Gasteiger partial charge in [-0.05, 0) is 30.7 Å². The molecular weight excluding hydrogens is 198 g/mol. The predicted octanol–water partition coefficient (Wildman–Crippen LogP) is 2.81. The van der Waals surface area contributed by atoms with Gasteiger partial charge in [-0.1, -0.05) is 30.3 Å². The average Bonchev–Trinajstić information content (AvgIpc) is 2.29. The van der Waals surface area contributed by atoms with Gasteiger partial charge in [0, 0.05) is 16.8 Å². The van der Waals surface area contributed by atoms with E-state index < -0.39 is 0 Å². The van der Waals surface area contributed by atoms with Gasteiger partial charge in [-0.25, -0.2) is 0 Å². The minimum Gasteiger partial charge on any atom is -0.399 e. The highest BCUT2D eigenvalue weighted by atomic mass is 16.1. The van der Waals surface area contributed by atoms with Crippen LogP contribution in [0.15, 0.2) is 48.5 Å². The van der Waals surface area contributed by atoms with Crippen molar-refractivity contribution >= 4 is 11.5 Å². The molecule has 2 aromatic rings. The lowest BCUT2D eigenvalue weighted by molar-refractivity contribution is 0.103. The summed E-state index contributed by atoms with van der Waals surface area (Å²) in [5.41, 5.74) is 8.66. The van der Waals surface area contributed by atoms with Crippen LogP contribution >= 0.6 is 0 Å². The van der Waals surface area contributed by atoms with Crippen molar-refractivity contribution in [2.45, 2.75) is 6.92 Å². The van der Waals surface area contributed by atoms with Crippen LogP contribution in [0.25, 0.3) is 0 Å². The highest BCUT2D eigenvalue weighted by Gasteiger charge is 2.10. The molecule has 80 valence electrons. The molecule has 0 saturated carbocycles. The van der Waals surface area contributed by atoms with Crippen molar-refractivity contribution in [1.82, 2.24) is 0 Å². The second-order valence-electron chi connectivity index (χ2n) is 3.77. The highest BCUT2D eigenvalue weighted by Crippen LogP contribution is 2.16. The van der Waals surface area contributed by atoms with E-state index in [4.69, 9.17) is 5.73 Å². The van der Waals surface area contributed by atoms with Crippen LogP contribution in [0.1, 0.15) is 21.5 Å². The van der Waals surface area contributed by atoms with E-state index in [1.165, 1.54) is 0 Å². The summed E-state index contributed by atoms with van der Waals surface area (Å²) in [5.74, 6) is 0.0399. The molecule has 0 aliphatic heterocycles. The van der Waals surface area contributed by atoms with E-state index in [0.29, 0.717) is 16.8 Å². The third-order valence-electron chi connectivity index (χ3n) is 2.53. The fraction of sp³-hybridized carbons (Fsp3) is 0.0714. The van der Waals surface area contributed by atoms with Crippen molar-refractivity contribution < 1.29 is 4.79 Å². The molecule has 0 aliphatic carbocycles. The molecule has 0 amide bonds. The minimum absolute atomic E-state index is 0.0399. The Kier molecular flexibility index (Phi) is 2.73. The fourth-order valence-electron chi connectivity index (χ4n) is 1.69. The summed E-state index contributed by atoms with van der Waals surface area (Å²) < 4.78 is 0. The third-order valence-corrected chi connectivity index (χ3v) is 2.53. The SMILES string of the molecule is Cc1cc(N)ccc1C(=O)c1ccccc1. The van der Waals surface area contributed by atoms with Crippen LogP contribution in [0.4, 0.5) is 5.69 Å². The first-order chi connectivity index (χ1) is 7.68. The summed E-state index contributed by atoms with van der Waals surface area (Å²) in [4.78, 5) is 12.1. The zero-order chi connectivity index (χ0) is 11.5. The number of ketones is 1. The number of hydrogen-bond acceptors (Lipinski definition) is 2. The number of nitrogens with two attached hydrogens (primary N) is 1. The van der Waals surface area contributed by atoms with Crippen LogP contribution in [0, 0.1) is 6.92 Å². The summed E-state index contributed by atoms with van der Waals surface area (Å²) in [6.07, 6.45) is 0. The molecule has 0 aliphatic rings. The molecule has 2 nitrogen and oxygen atoms in total. The van der Waals surface area contributed by atoms with E-state index in [2.05, 4.69) is 0 Å². The molecule has 0 unspecified atom stereocenters. The lowest BCUT2D eigenvalue weighted by Gasteiger charge is -2.05. The zero-order valence-electron chi connectivity index (χ0n) is 9.10. The maximum absolute atomic E-state index is 12.1. The van der Waals surface area contributed by atoms with Crippen LogP contribution in [-0.2, 0) is 0 Å². The van der Waals surface area contributed by atoms with Crippen LogP contribution in [-0.4, -0.2) is 5.78 Å². The first-order valence-corrected chi connectivity index (χ1v) is 5.14. The van der Waals surface area contributed by atoms with Gasteiger partial charge in [0.25, 0.3) is 0 Å². The standard InChI is InChI=1S/C14H13NO/c1-10-9-12(15)7-8-13(10)14(16)11-5-3-2-4-6-11/h2-9H,15H2,1H3. The van der Waals surface area contributed by atoms with Gasteiger partial charge in [-0.3, -0.25) is 4.79 Å². The molecule has 0 spiro atoms. The number of carbonyl (C=O) groups is 1. The van der Waals surface area contributed by atoms with Crippen LogP contribution < -0.4 is 5.73 Å². The van der Waals surface area contributed by atoms with Gasteiger partial charge in [0.2, 0.25) is 0 Å². The van der Waals surface area contributed by atoms with E-state index in [1.807, 2.05) is 43.3 Å². The van der Waals surface area contributed by atoms with Gasteiger partial charge >= 0.3 is 0 Å². The molecule has 0 aromatic heterocycles. The molecule has 0 saturated heterocycles. The van der Waals surface area contributed by atoms with Gasteiger partial charge in [-0.2, -0.15) is 0 Å². The highest BCUT2D eigenvalue weighted by molar-refractivity contribution is 6.10. The maximum atomic E-state index is 12.1. The van der Waals surface area contributed by atoms with Crippen molar-refractivity contribution in [2.75, 3.05) is 5.73 Å². The van der Waals surface area contributed by atoms with Crippen molar-refractivity contribution in [3.8, 4) is 0 Å². The summed E-state index contributed by atoms with van der Waals surface area (Å²) in [5, 5.41) is 0. The Morgan fingerprint density at radius 2 is 1.75 bits per heavy atom. The average molecular weight is 211 g/mol. The van der Waals surface area contributed by atoms with Crippen LogP contribution in [0.5, 0.6) is 0 Å². The molecule has 16 heavy (non-hydrogen) atoms. The topological polar surface area (TPSA) is 43.1 Å². The third kappa shape index (κ3) is 1.96.